The van der Waals surface area contributed by atoms with E-state index in [2.05, 4.69) is 57.2 Å². The molecule has 0 unspecified atom stereocenters. The molecular weight excluding hydrogens is 271 g/mol. The van der Waals surface area contributed by atoms with E-state index in [1.54, 1.807) is 0 Å². The van der Waals surface area contributed by atoms with Gasteiger partial charge in [-0.3, -0.25) is 0 Å². The molecule has 0 aromatic heterocycles. The van der Waals surface area contributed by atoms with Crippen LogP contribution in [0.25, 0.3) is 0 Å². The first-order chi connectivity index (χ1) is 8.18. The zero-order valence-electron chi connectivity index (χ0n) is 11.3. The third kappa shape index (κ3) is 7.41. The van der Waals surface area contributed by atoms with Crippen LogP contribution in [0.4, 0.5) is 0 Å². The Kier molecular flexibility index (Phi) is 7.32. The Labute approximate surface area is 113 Å². The standard InChI is InChI=1S/C16H24Se/c1-14(2)8-7-9-15(3)12-13-17-16-10-5-4-6-11-16/h4-6,8,10-11,15H,7,9,12-13H2,1-3H3/t15-/m1/s1. The van der Waals surface area contributed by atoms with Crippen LogP contribution in [0.2, 0.25) is 5.32 Å². The van der Waals surface area contributed by atoms with Gasteiger partial charge in [0.2, 0.25) is 0 Å². The summed E-state index contributed by atoms with van der Waals surface area (Å²) in [7, 11) is 0. The Morgan fingerprint density at radius 3 is 2.53 bits per heavy atom. The molecule has 1 heteroatoms. The minimum atomic E-state index is 0.673. The van der Waals surface area contributed by atoms with E-state index < -0.39 is 0 Å². The second kappa shape index (κ2) is 8.55. The Hall–Kier alpha value is -0.521. The predicted molar refractivity (Wildman–Crippen MR) is 79.1 cm³/mol. The van der Waals surface area contributed by atoms with Gasteiger partial charge in [-0.2, -0.15) is 0 Å². The predicted octanol–water partition coefficient (Wildman–Crippen LogP) is 4.21. The van der Waals surface area contributed by atoms with Gasteiger partial charge in [0, 0.05) is 0 Å². The van der Waals surface area contributed by atoms with Gasteiger partial charge in [0.05, 0.1) is 0 Å². The molecule has 0 amide bonds. The summed E-state index contributed by atoms with van der Waals surface area (Å²) in [6, 6.07) is 10.9. The van der Waals surface area contributed by atoms with Gasteiger partial charge in [0.1, 0.15) is 0 Å². The molecule has 0 fully saturated rings. The normalized spacial score (nSPS) is 12.2. The van der Waals surface area contributed by atoms with Crippen molar-refractivity contribution in [3.8, 4) is 0 Å². The summed E-state index contributed by atoms with van der Waals surface area (Å²) in [5, 5.41) is 1.38. The van der Waals surface area contributed by atoms with Gasteiger partial charge in [-0.15, -0.1) is 0 Å². The molecule has 1 aromatic rings. The van der Waals surface area contributed by atoms with Crippen LogP contribution in [0.1, 0.15) is 40.0 Å². The Balaban J connectivity index is 2.12. The topological polar surface area (TPSA) is 0 Å². The minimum absolute atomic E-state index is 0.673. The number of benzene rings is 1. The molecule has 0 radical (unpaired) electrons. The molecule has 0 aliphatic heterocycles. The molecule has 0 nitrogen and oxygen atoms in total. The Morgan fingerprint density at radius 1 is 1.18 bits per heavy atom. The van der Waals surface area contributed by atoms with Gasteiger partial charge in [0.25, 0.3) is 0 Å². The van der Waals surface area contributed by atoms with E-state index in [0.717, 1.165) is 5.92 Å². The molecule has 17 heavy (non-hydrogen) atoms. The number of hydrogen-bond donors (Lipinski definition) is 0. The summed E-state index contributed by atoms with van der Waals surface area (Å²) in [4.78, 5) is 0. The van der Waals surface area contributed by atoms with Crippen molar-refractivity contribution in [1.82, 2.24) is 0 Å². The van der Waals surface area contributed by atoms with E-state index in [4.69, 9.17) is 0 Å². The first-order valence-electron chi connectivity index (χ1n) is 6.49. The molecule has 0 spiro atoms. The third-order valence-electron chi connectivity index (χ3n) is 2.83. The van der Waals surface area contributed by atoms with Gasteiger partial charge in [-0.1, -0.05) is 0 Å². The van der Waals surface area contributed by atoms with Crippen LogP contribution < -0.4 is 4.46 Å². The van der Waals surface area contributed by atoms with Crippen molar-refractivity contribution in [2.45, 2.75) is 45.4 Å². The summed E-state index contributed by atoms with van der Waals surface area (Å²) < 4.78 is 1.54. The second-order valence-electron chi connectivity index (χ2n) is 4.91. The van der Waals surface area contributed by atoms with E-state index in [9.17, 15) is 0 Å². The van der Waals surface area contributed by atoms with Crippen molar-refractivity contribution in [2.75, 3.05) is 0 Å². The van der Waals surface area contributed by atoms with Gasteiger partial charge < -0.3 is 0 Å². The van der Waals surface area contributed by atoms with Crippen LogP contribution in [0.5, 0.6) is 0 Å². The van der Waals surface area contributed by atoms with Crippen molar-refractivity contribution >= 4 is 19.4 Å². The summed E-state index contributed by atoms with van der Waals surface area (Å²) in [5.74, 6) is 0.871. The number of rotatable bonds is 7. The second-order valence-corrected chi connectivity index (χ2v) is 7.37. The van der Waals surface area contributed by atoms with Crippen LogP contribution in [0.3, 0.4) is 0 Å². The maximum absolute atomic E-state index is 2.39. The summed E-state index contributed by atoms with van der Waals surface area (Å²) in [6.07, 6.45) is 6.34. The van der Waals surface area contributed by atoms with Gasteiger partial charge in [-0.25, -0.2) is 0 Å². The molecule has 1 aromatic carbocycles. The summed E-state index contributed by atoms with van der Waals surface area (Å²) in [6.45, 7) is 6.76. The van der Waals surface area contributed by atoms with Crippen LogP contribution >= 0.6 is 0 Å². The Bertz CT molecular complexity index is 323. The zero-order valence-corrected chi connectivity index (χ0v) is 13.0. The molecule has 0 aliphatic rings. The van der Waals surface area contributed by atoms with E-state index >= 15 is 0 Å². The van der Waals surface area contributed by atoms with Gasteiger partial charge in [-0.05, 0) is 0 Å². The van der Waals surface area contributed by atoms with Gasteiger partial charge in [0.15, 0.2) is 0 Å². The quantitative estimate of drug-likeness (QED) is 0.522. The molecule has 94 valence electrons. The van der Waals surface area contributed by atoms with E-state index in [-0.39, 0.29) is 0 Å². The average molecular weight is 295 g/mol. The summed E-state index contributed by atoms with van der Waals surface area (Å²) >= 11 is 0.673. The third-order valence-corrected chi connectivity index (χ3v) is 5.03. The fraction of sp³-hybridized carbons (Fsp3) is 0.500. The molecule has 0 N–H and O–H groups in total. The summed E-state index contributed by atoms with van der Waals surface area (Å²) in [5.41, 5.74) is 1.45. The zero-order chi connectivity index (χ0) is 12.5. The van der Waals surface area contributed by atoms with Crippen molar-refractivity contribution in [1.29, 1.82) is 0 Å². The molecular formula is C16H24Se. The first-order valence-corrected chi connectivity index (χ1v) is 8.56. The first kappa shape index (κ1) is 14.5. The maximum atomic E-state index is 2.39. The van der Waals surface area contributed by atoms with Gasteiger partial charge >= 0.3 is 113 Å². The monoisotopic (exact) mass is 296 g/mol. The molecule has 0 aliphatic carbocycles. The molecule has 1 atom stereocenters. The van der Waals surface area contributed by atoms with E-state index in [1.807, 2.05) is 0 Å². The van der Waals surface area contributed by atoms with Crippen molar-refractivity contribution in [3.05, 3.63) is 42.0 Å². The molecule has 0 heterocycles. The van der Waals surface area contributed by atoms with Crippen molar-refractivity contribution in [3.63, 3.8) is 0 Å². The number of hydrogen-bond acceptors (Lipinski definition) is 0. The molecule has 0 saturated carbocycles. The SMILES string of the molecule is CC(C)=CCC[C@@H](C)CC[Se]c1ccccc1. The molecule has 1 rings (SSSR count). The molecule has 0 bridgehead atoms. The van der Waals surface area contributed by atoms with Crippen molar-refractivity contribution < 1.29 is 0 Å². The molecule has 0 saturated heterocycles. The van der Waals surface area contributed by atoms with Crippen LogP contribution in [0, 0.1) is 5.92 Å². The van der Waals surface area contributed by atoms with E-state index in [1.165, 1.54) is 34.6 Å². The van der Waals surface area contributed by atoms with Crippen LogP contribution in [-0.2, 0) is 0 Å². The van der Waals surface area contributed by atoms with Crippen LogP contribution in [0.15, 0.2) is 42.0 Å². The van der Waals surface area contributed by atoms with Crippen LogP contribution in [-0.4, -0.2) is 15.0 Å². The van der Waals surface area contributed by atoms with E-state index in [0.29, 0.717) is 15.0 Å². The average Bonchev–Trinajstić information content (AvgIpc) is 2.30. The Morgan fingerprint density at radius 2 is 1.88 bits per heavy atom. The van der Waals surface area contributed by atoms with Crippen molar-refractivity contribution in [2.24, 2.45) is 5.92 Å². The number of allylic oxidation sites excluding steroid dienone is 2. The fourth-order valence-corrected chi connectivity index (χ4v) is 4.01. The fourth-order valence-electron chi connectivity index (χ4n) is 1.70.